The standard InChI is InChI=1S/C19H18O6/c1-13(10-21-15-3-5-17-19(9-15)25-12-23-17)6-7-20-14-2-4-16-18(8-14)24-11-22-16/h2-6,8-9H,7,10-12H2,1H3/b13-6+. The lowest BCUT2D eigenvalue weighted by Gasteiger charge is -2.08. The van der Waals surface area contributed by atoms with E-state index in [9.17, 15) is 0 Å². The van der Waals surface area contributed by atoms with Gasteiger partial charge in [0.15, 0.2) is 23.0 Å². The van der Waals surface area contributed by atoms with Gasteiger partial charge in [-0.25, -0.2) is 0 Å². The van der Waals surface area contributed by atoms with Crippen molar-refractivity contribution >= 4 is 0 Å². The Balaban J connectivity index is 1.27. The molecule has 130 valence electrons. The molecule has 0 unspecified atom stereocenters. The Morgan fingerprint density at radius 1 is 0.840 bits per heavy atom. The van der Waals surface area contributed by atoms with Gasteiger partial charge in [-0.3, -0.25) is 0 Å². The first-order valence-corrected chi connectivity index (χ1v) is 7.98. The van der Waals surface area contributed by atoms with E-state index in [0.29, 0.717) is 24.7 Å². The van der Waals surface area contributed by atoms with Crippen LogP contribution in [0.2, 0.25) is 0 Å². The van der Waals surface area contributed by atoms with E-state index in [-0.39, 0.29) is 13.6 Å². The van der Waals surface area contributed by atoms with E-state index in [1.807, 2.05) is 49.4 Å². The number of fused-ring (bicyclic) bond motifs is 2. The lowest BCUT2D eigenvalue weighted by molar-refractivity contribution is 0.173. The van der Waals surface area contributed by atoms with Gasteiger partial charge in [0, 0.05) is 12.1 Å². The summed E-state index contributed by atoms with van der Waals surface area (Å²) in [7, 11) is 0. The highest BCUT2D eigenvalue weighted by atomic mass is 16.7. The van der Waals surface area contributed by atoms with E-state index in [2.05, 4.69) is 0 Å². The second kappa shape index (κ2) is 6.84. The lowest BCUT2D eigenvalue weighted by Crippen LogP contribution is -2.01. The highest BCUT2D eigenvalue weighted by Crippen LogP contribution is 2.36. The third-order valence-corrected chi connectivity index (χ3v) is 3.84. The summed E-state index contributed by atoms with van der Waals surface area (Å²) < 4.78 is 32.7. The zero-order valence-electron chi connectivity index (χ0n) is 13.8. The highest BCUT2D eigenvalue weighted by Gasteiger charge is 2.14. The summed E-state index contributed by atoms with van der Waals surface area (Å²) in [6.07, 6.45) is 1.98. The molecule has 4 rings (SSSR count). The molecule has 25 heavy (non-hydrogen) atoms. The van der Waals surface area contributed by atoms with Gasteiger partial charge in [0.2, 0.25) is 13.6 Å². The summed E-state index contributed by atoms with van der Waals surface area (Å²) >= 11 is 0. The van der Waals surface area contributed by atoms with Crippen LogP contribution in [0.3, 0.4) is 0 Å². The Hall–Kier alpha value is -3.02. The Morgan fingerprint density at radius 2 is 1.40 bits per heavy atom. The van der Waals surface area contributed by atoms with Crippen LogP contribution >= 0.6 is 0 Å². The van der Waals surface area contributed by atoms with E-state index < -0.39 is 0 Å². The minimum Gasteiger partial charge on any atom is -0.489 e. The smallest absolute Gasteiger partial charge is 0.231 e. The monoisotopic (exact) mass is 342 g/mol. The predicted octanol–water partition coefficient (Wildman–Crippen LogP) is 3.55. The number of rotatable bonds is 6. The van der Waals surface area contributed by atoms with Gasteiger partial charge < -0.3 is 28.4 Å². The van der Waals surface area contributed by atoms with Crippen LogP contribution in [-0.2, 0) is 0 Å². The van der Waals surface area contributed by atoms with Crippen LogP contribution < -0.4 is 28.4 Å². The Morgan fingerprint density at radius 3 is 2.04 bits per heavy atom. The molecule has 2 heterocycles. The molecular weight excluding hydrogens is 324 g/mol. The molecule has 0 N–H and O–H groups in total. The molecule has 6 heteroatoms. The number of hydrogen-bond acceptors (Lipinski definition) is 6. The van der Waals surface area contributed by atoms with Gasteiger partial charge in [0.1, 0.15) is 24.7 Å². The third kappa shape index (κ3) is 3.57. The van der Waals surface area contributed by atoms with Crippen molar-refractivity contribution in [2.75, 3.05) is 26.8 Å². The van der Waals surface area contributed by atoms with Gasteiger partial charge in [-0.1, -0.05) is 0 Å². The first kappa shape index (κ1) is 15.5. The van der Waals surface area contributed by atoms with Crippen molar-refractivity contribution in [1.29, 1.82) is 0 Å². The summed E-state index contributed by atoms with van der Waals surface area (Å²) in [5, 5.41) is 0. The van der Waals surface area contributed by atoms with Crippen molar-refractivity contribution in [2.45, 2.75) is 6.92 Å². The predicted molar refractivity (Wildman–Crippen MR) is 89.9 cm³/mol. The topological polar surface area (TPSA) is 55.4 Å². The molecule has 2 aromatic carbocycles. The summed E-state index contributed by atoms with van der Waals surface area (Å²) in [6.45, 7) is 3.44. The number of hydrogen-bond donors (Lipinski definition) is 0. The zero-order chi connectivity index (χ0) is 17.1. The molecule has 0 atom stereocenters. The van der Waals surface area contributed by atoms with Gasteiger partial charge in [-0.15, -0.1) is 0 Å². The highest BCUT2D eigenvalue weighted by molar-refractivity contribution is 5.47. The molecule has 0 bridgehead atoms. The van der Waals surface area contributed by atoms with Gasteiger partial charge in [-0.05, 0) is 42.8 Å². The second-order valence-electron chi connectivity index (χ2n) is 5.68. The van der Waals surface area contributed by atoms with Crippen LogP contribution in [0.1, 0.15) is 6.92 Å². The van der Waals surface area contributed by atoms with E-state index in [1.54, 1.807) is 0 Å². The van der Waals surface area contributed by atoms with Gasteiger partial charge in [0.05, 0.1) is 0 Å². The Labute approximate surface area is 145 Å². The van der Waals surface area contributed by atoms with Crippen LogP contribution in [0.25, 0.3) is 0 Å². The molecule has 2 aromatic rings. The molecule has 0 aromatic heterocycles. The molecule has 0 saturated heterocycles. The van der Waals surface area contributed by atoms with Crippen molar-refractivity contribution in [2.24, 2.45) is 0 Å². The van der Waals surface area contributed by atoms with Crippen molar-refractivity contribution in [1.82, 2.24) is 0 Å². The zero-order valence-corrected chi connectivity index (χ0v) is 13.8. The van der Waals surface area contributed by atoms with Crippen LogP contribution in [0.5, 0.6) is 34.5 Å². The molecule has 2 aliphatic rings. The fourth-order valence-corrected chi connectivity index (χ4v) is 2.47. The van der Waals surface area contributed by atoms with Crippen molar-refractivity contribution in [3.63, 3.8) is 0 Å². The first-order chi connectivity index (χ1) is 12.3. The maximum absolute atomic E-state index is 5.76. The average Bonchev–Trinajstić information content (AvgIpc) is 3.28. The Kier molecular flexibility index (Phi) is 4.24. The van der Waals surface area contributed by atoms with E-state index in [1.165, 1.54) is 0 Å². The van der Waals surface area contributed by atoms with Crippen molar-refractivity contribution in [3.8, 4) is 34.5 Å². The number of benzene rings is 2. The van der Waals surface area contributed by atoms with E-state index in [4.69, 9.17) is 28.4 Å². The van der Waals surface area contributed by atoms with Crippen LogP contribution in [0.4, 0.5) is 0 Å². The fraction of sp³-hybridized carbons (Fsp3) is 0.263. The number of ether oxygens (including phenoxy) is 6. The average molecular weight is 342 g/mol. The quantitative estimate of drug-likeness (QED) is 0.749. The fourth-order valence-electron chi connectivity index (χ4n) is 2.47. The molecule has 0 amide bonds. The van der Waals surface area contributed by atoms with Crippen LogP contribution in [0.15, 0.2) is 48.0 Å². The summed E-state index contributed by atoms with van der Waals surface area (Å²) in [5.41, 5.74) is 1.07. The first-order valence-electron chi connectivity index (χ1n) is 7.98. The summed E-state index contributed by atoms with van der Waals surface area (Å²) in [6, 6.07) is 11.1. The van der Waals surface area contributed by atoms with Gasteiger partial charge in [0.25, 0.3) is 0 Å². The summed E-state index contributed by atoms with van der Waals surface area (Å²) in [5.74, 6) is 4.40. The lowest BCUT2D eigenvalue weighted by atomic mass is 10.3. The maximum Gasteiger partial charge on any atom is 0.231 e. The second-order valence-corrected chi connectivity index (χ2v) is 5.68. The largest absolute Gasteiger partial charge is 0.489 e. The molecule has 6 nitrogen and oxygen atoms in total. The molecule has 0 saturated carbocycles. The SMILES string of the molecule is C/C(=C\COc1ccc2c(c1)OCO2)COc1ccc2c(c1)OCO2. The molecular formula is C19H18O6. The van der Waals surface area contributed by atoms with Gasteiger partial charge in [-0.2, -0.15) is 0 Å². The van der Waals surface area contributed by atoms with Gasteiger partial charge >= 0.3 is 0 Å². The maximum atomic E-state index is 5.76. The molecule has 0 radical (unpaired) electrons. The molecule has 0 aliphatic carbocycles. The van der Waals surface area contributed by atoms with Crippen LogP contribution in [-0.4, -0.2) is 26.8 Å². The van der Waals surface area contributed by atoms with Crippen LogP contribution in [0, 0.1) is 0 Å². The third-order valence-electron chi connectivity index (χ3n) is 3.84. The summed E-state index contributed by atoms with van der Waals surface area (Å²) in [4.78, 5) is 0. The van der Waals surface area contributed by atoms with E-state index in [0.717, 1.165) is 28.6 Å². The minimum atomic E-state index is 0.259. The molecule has 0 spiro atoms. The van der Waals surface area contributed by atoms with Crippen molar-refractivity contribution < 1.29 is 28.4 Å². The Bertz CT molecular complexity index is 798. The molecule has 2 aliphatic heterocycles. The van der Waals surface area contributed by atoms with Crippen molar-refractivity contribution in [3.05, 3.63) is 48.0 Å². The molecule has 0 fully saturated rings. The van der Waals surface area contributed by atoms with E-state index >= 15 is 0 Å². The normalized spacial score (nSPS) is 14.5. The minimum absolute atomic E-state index is 0.259.